The second-order valence-electron chi connectivity index (χ2n) is 5.20. The zero-order valence-electron chi connectivity index (χ0n) is 11.7. The minimum absolute atomic E-state index is 0.310. The molecule has 5 heteroatoms. The minimum Gasteiger partial charge on any atom is -0.393 e. The van der Waals surface area contributed by atoms with Gasteiger partial charge in [-0.2, -0.15) is 5.10 Å². The lowest BCUT2D eigenvalue weighted by atomic mass is 9.98. The summed E-state index contributed by atoms with van der Waals surface area (Å²) in [7, 11) is 0. The topological polar surface area (TPSA) is 47.3 Å². The molecule has 1 aromatic rings. The molecule has 1 aliphatic rings. The third-order valence-electron chi connectivity index (χ3n) is 3.75. The van der Waals surface area contributed by atoms with E-state index in [0.717, 1.165) is 54.9 Å². The first-order valence-electron chi connectivity index (χ1n) is 7.15. The average molecular weight is 331 g/mol. The van der Waals surface area contributed by atoms with Gasteiger partial charge in [-0.1, -0.05) is 6.92 Å². The summed E-state index contributed by atoms with van der Waals surface area (Å²) in [6.07, 6.45) is 3.16. The van der Waals surface area contributed by atoms with E-state index in [1.54, 1.807) is 0 Å². The quantitative estimate of drug-likeness (QED) is 0.871. The van der Waals surface area contributed by atoms with Gasteiger partial charge >= 0.3 is 0 Å². The Balaban J connectivity index is 2.02. The molecule has 4 nitrogen and oxygen atoms in total. The second kappa shape index (κ2) is 6.86. The van der Waals surface area contributed by atoms with Crippen molar-refractivity contribution in [3.05, 3.63) is 15.9 Å². The number of halogens is 1. The second-order valence-corrected chi connectivity index (χ2v) is 5.99. The van der Waals surface area contributed by atoms with Gasteiger partial charge in [0.05, 0.1) is 22.0 Å². The zero-order chi connectivity index (χ0) is 13.8. The van der Waals surface area contributed by atoms with Crippen LogP contribution in [0.5, 0.6) is 0 Å². The maximum Gasteiger partial charge on any atom is 0.0766 e. The molecule has 2 unspecified atom stereocenters. The van der Waals surface area contributed by atoms with E-state index in [4.69, 9.17) is 4.74 Å². The van der Waals surface area contributed by atoms with Crippen LogP contribution < -0.4 is 0 Å². The van der Waals surface area contributed by atoms with E-state index in [9.17, 15) is 5.11 Å². The van der Waals surface area contributed by atoms with E-state index in [0.29, 0.717) is 12.3 Å². The number of aliphatic hydroxyl groups is 1. The Morgan fingerprint density at radius 1 is 1.53 bits per heavy atom. The Bertz CT molecular complexity index is 414. The van der Waals surface area contributed by atoms with Gasteiger partial charge in [-0.15, -0.1) is 0 Å². The molecule has 1 N–H and O–H groups in total. The summed E-state index contributed by atoms with van der Waals surface area (Å²) in [5, 5.41) is 14.8. The van der Waals surface area contributed by atoms with Crippen molar-refractivity contribution < 1.29 is 9.84 Å². The van der Waals surface area contributed by atoms with E-state index in [1.807, 2.05) is 4.68 Å². The highest BCUT2D eigenvalue weighted by Gasteiger charge is 2.22. The molecule has 0 saturated carbocycles. The van der Waals surface area contributed by atoms with Crippen LogP contribution in [0.2, 0.25) is 0 Å². The zero-order valence-corrected chi connectivity index (χ0v) is 13.3. The summed E-state index contributed by atoms with van der Waals surface area (Å²) in [5.74, 6) is 0.511. The number of aryl methyl sites for hydroxylation is 2. The normalized spacial score (nSPS) is 20.9. The predicted molar refractivity (Wildman–Crippen MR) is 78.2 cm³/mol. The Morgan fingerprint density at radius 3 is 2.89 bits per heavy atom. The molecule has 0 aromatic carbocycles. The molecule has 2 heterocycles. The fourth-order valence-electron chi connectivity index (χ4n) is 2.67. The van der Waals surface area contributed by atoms with Crippen LogP contribution >= 0.6 is 15.9 Å². The predicted octanol–water partition coefficient (Wildman–Crippen LogP) is 2.56. The molecule has 0 spiro atoms. The van der Waals surface area contributed by atoms with Crippen LogP contribution in [0.15, 0.2) is 4.47 Å². The fraction of sp³-hybridized carbons (Fsp3) is 0.786. The van der Waals surface area contributed by atoms with E-state index in [1.165, 1.54) is 0 Å². The van der Waals surface area contributed by atoms with Gasteiger partial charge in [-0.05, 0) is 48.0 Å². The molecule has 0 bridgehead atoms. The van der Waals surface area contributed by atoms with Gasteiger partial charge in [-0.3, -0.25) is 4.68 Å². The molecule has 108 valence electrons. The first-order chi connectivity index (χ1) is 9.15. The number of hydrogen-bond acceptors (Lipinski definition) is 3. The molecular formula is C14H23BrN2O2. The van der Waals surface area contributed by atoms with Gasteiger partial charge in [0.1, 0.15) is 0 Å². The maximum absolute atomic E-state index is 10.3. The summed E-state index contributed by atoms with van der Waals surface area (Å²) in [6, 6.07) is 0. The van der Waals surface area contributed by atoms with Crippen molar-refractivity contribution in [1.29, 1.82) is 0 Å². The molecule has 19 heavy (non-hydrogen) atoms. The summed E-state index contributed by atoms with van der Waals surface area (Å²) >= 11 is 3.63. The SMILES string of the molecule is CCc1nn(CC)c(CC(O)CC2CCOC2)c1Br. The van der Waals surface area contributed by atoms with Crippen LogP contribution in [0.25, 0.3) is 0 Å². The van der Waals surface area contributed by atoms with Crippen molar-refractivity contribution in [2.24, 2.45) is 5.92 Å². The lowest BCUT2D eigenvalue weighted by molar-refractivity contribution is 0.127. The monoisotopic (exact) mass is 330 g/mol. The van der Waals surface area contributed by atoms with Crippen LogP contribution in [-0.2, 0) is 24.1 Å². The molecule has 1 saturated heterocycles. The van der Waals surface area contributed by atoms with Crippen LogP contribution in [0.3, 0.4) is 0 Å². The van der Waals surface area contributed by atoms with Crippen molar-refractivity contribution in [3.63, 3.8) is 0 Å². The molecule has 2 rings (SSSR count). The van der Waals surface area contributed by atoms with Gasteiger partial charge in [0, 0.05) is 26.2 Å². The Hall–Kier alpha value is -0.390. The summed E-state index contributed by atoms with van der Waals surface area (Å²) < 4.78 is 8.43. The first-order valence-corrected chi connectivity index (χ1v) is 7.94. The van der Waals surface area contributed by atoms with Gasteiger partial charge < -0.3 is 9.84 Å². The number of nitrogens with zero attached hydrogens (tertiary/aromatic N) is 2. The lowest BCUT2D eigenvalue weighted by Crippen LogP contribution is -2.18. The minimum atomic E-state index is -0.310. The van der Waals surface area contributed by atoms with Crippen LogP contribution in [0.4, 0.5) is 0 Å². The van der Waals surface area contributed by atoms with Crippen molar-refractivity contribution >= 4 is 15.9 Å². The van der Waals surface area contributed by atoms with E-state index >= 15 is 0 Å². The van der Waals surface area contributed by atoms with E-state index in [-0.39, 0.29) is 6.10 Å². The van der Waals surface area contributed by atoms with Crippen LogP contribution in [0, 0.1) is 5.92 Å². The molecule has 2 atom stereocenters. The number of ether oxygens (including phenoxy) is 1. The number of hydrogen-bond donors (Lipinski definition) is 1. The number of aromatic nitrogens is 2. The lowest BCUT2D eigenvalue weighted by Gasteiger charge is -2.15. The molecule has 0 radical (unpaired) electrons. The van der Waals surface area contributed by atoms with Crippen molar-refractivity contribution in [2.75, 3.05) is 13.2 Å². The fourth-order valence-corrected chi connectivity index (χ4v) is 3.40. The van der Waals surface area contributed by atoms with Gasteiger partial charge in [0.15, 0.2) is 0 Å². The van der Waals surface area contributed by atoms with Crippen molar-refractivity contribution in [2.45, 2.75) is 52.2 Å². The standard InChI is InChI=1S/C14H23BrN2O2/c1-3-12-14(15)13(17(4-2)16-12)8-11(18)7-10-5-6-19-9-10/h10-11,18H,3-9H2,1-2H3. The van der Waals surface area contributed by atoms with Gasteiger partial charge in [0.2, 0.25) is 0 Å². The third kappa shape index (κ3) is 3.58. The Labute approximate surface area is 123 Å². The van der Waals surface area contributed by atoms with Crippen LogP contribution in [0.1, 0.15) is 38.1 Å². The summed E-state index contributed by atoms with van der Waals surface area (Å²) in [5.41, 5.74) is 2.19. The highest BCUT2D eigenvalue weighted by Crippen LogP contribution is 2.26. The van der Waals surface area contributed by atoms with Gasteiger partial charge in [-0.25, -0.2) is 0 Å². The summed E-state index contributed by atoms with van der Waals surface area (Å²) in [4.78, 5) is 0. The number of aliphatic hydroxyl groups excluding tert-OH is 1. The molecule has 0 aliphatic carbocycles. The number of rotatable bonds is 6. The Morgan fingerprint density at radius 2 is 2.32 bits per heavy atom. The Kier molecular flexibility index (Phi) is 5.42. The molecule has 1 fully saturated rings. The smallest absolute Gasteiger partial charge is 0.0766 e. The highest BCUT2D eigenvalue weighted by atomic mass is 79.9. The van der Waals surface area contributed by atoms with E-state index < -0.39 is 0 Å². The highest BCUT2D eigenvalue weighted by molar-refractivity contribution is 9.10. The first kappa shape index (κ1) is 15.0. The van der Waals surface area contributed by atoms with Crippen molar-refractivity contribution in [3.8, 4) is 0 Å². The molecule has 1 aliphatic heterocycles. The molecule has 1 aromatic heterocycles. The van der Waals surface area contributed by atoms with E-state index in [2.05, 4.69) is 34.9 Å². The average Bonchev–Trinajstić information content (AvgIpc) is 2.99. The van der Waals surface area contributed by atoms with Crippen LogP contribution in [-0.4, -0.2) is 34.2 Å². The third-order valence-corrected chi connectivity index (χ3v) is 4.67. The summed E-state index contributed by atoms with van der Waals surface area (Å²) in [6.45, 7) is 6.66. The maximum atomic E-state index is 10.3. The van der Waals surface area contributed by atoms with Gasteiger partial charge in [0.25, 0.3) is 0 Å². The largest absolute Gasteiger partial charge is 0.393 e. The van der Waals surface area contributed by atoms with Crippen molar-refractivity contribution in [1.82, 2.24) is 9.78 Å². The molecular weight excluding hydrogens is 308 g/mol. The molecule has 0 amide bonds.